The molecule has 0 saturated carbocycles. The van der Waals surface area contributed by atoms with E-state index >= 15 is 0 Å². The summed E-state index contributed by atoms with van der Waals surface area (Å²) in [6.07, 6.45) is 2.63. The van der Waals surface area contributed by atoms with Crippen LogP contribution in [0.15, 0.2) is 36.5 Å². The molecule has 4 heteroatoms. The van der Waals surface area contributed by atoms with E-state index in [1.165, 1.54) is 11.6 Å². The van der Waals surface area contributed by atoms with Crippen LogP contribution in [-0.4, -0.2) is 11.5 Å². The van der Waals surface area contributed by atoms with E-state index in [0.717, 1.165) is 27.8 Å². The second kappa shape index (κ2) is 7.13. The lowest BCUT2D eigenvalue weighted by Crippen LogP contribution is -2.24. The van der Waals surface area contributed by atoms with E-state index in [0.29, 0.717) is 0 Å². The van der Waals surface area contributed by atoms with E-state index in [4.69, 9.17) is 0 Å². The van der Waals surface area contributed by atoms with Crippen LogP contribution in [0, 0.1) is 16.3 Å². The van der Waals surface area contributed by atoms with E-state index in [2.05, 4.69) is 52.8 Å². The number of hydrogen-bond acceptors (Lipinski definition) is 2. The highest BCUT2D eigenvalue weighted by Crippen LogP contribution is 2.24. The van der Waals surface area contributed by atoms with E-state index in [9.17, 15) is 4.39 Å². The molecule has 1 aromatic carbocycles. The number of hydrogen-bond donors (Lipinski definition) is 1. The van der Waals surface area contributed by atoms with Gasteiger partial charge in [0.25, 0.3) is 0 Å². The molecule has 2 nitrogen and oxygen atoms in total. The Morgan fingerprint density at radius 1 is 1.35 bits per heavy atom. The lowest BCUT2D eigenvalue weighted by molar-refractivity contribution is 0.538. The van der Waals surface area contributed by atoms with E-state index in [1.807, 2.05) is 18.3 Å². The fourth-order valence-electron chi connectivity index (χ4n) is 2.25. The first-order chi connectivity index (χ1) is 9.61. The maximum Gasteiger partial charge on any atom is 0.124 e. The van der Waals surface area contributed by atoms with Crippen molar-refractivity contribution in [2.75, 3.05) is 6.54 Å². The molecule has 0 bridgehead atoms. The largest absolute Gasteiger partial charge is 0.310 e. The second-order valence-electron chi connectivity index (χ2n) is 4.75. The van der Waals surface area contributed by atoms with Crippen LogP contribution in [0.5, 0.6) is 0 Å². The molecule has 1 atom stereocenters. The normalized spacial score (nSPS) is 12.4. The molecule has 1 N–H and O–H groups in total. The summed E-state index contributed by atoms with van der Waals surface area (Å²) in [6, 6.07) is 9.13. The van der Waals surface area contributed by atoms with Crippen molar-refractivity contribution < 1.29 is 4.39 Å². The summed E-state index contributed by atoms with van der Waals surface area (Å²) < 4.78 is 14.2. The molecule has 1 aromatic heterocycles. The standard InChI is InChI=1S/C16H18FIN2/c1-3-19-16(10-15-11(2)5-4-8-20-15)13-7-6-12(17)9-14(13)18/h4-9,16,19H,3,10H2,1-2H3. The van der Waals surface area contributed by atoms with Crippen molar-refractivity contribution in [1.82, 2.24) is 10.3 Å². The van der Waals surface area contributed by atoms with E-state index in [-0.39, 0.29) is 11.9 Å². The van der Waals surface area contributed by atoms with Crippen LogP contribution in [0.25, 0.3) is 0 Å². The van der Waals surface area contributed by atoms with Crippen LogP contribution in [0.4, 0.5) is 4.39 Å². The van der Waals surface area contributed by atoms with E-state index in [1.54, 1.807) is 6.07 Å². The Morgan fingerprint density at radius 3 is 2.80 bits per heavy atom. The number of aryl methyl sites for hydroxylation is 1. The Bertz CT molecular complexity index is 586. The number of aromatic nitrogens is 1. The highest BCUT2D eigenvalue weighted by Gasteiger charge is 2.16. The van der Waals surface area contributed by atoms with Gasteiger partial charge in [-0.15, -0.1) is 0 Å². The Balaban J connectivity index is 2.29. The topological polar surface area (TPSA) is 24.9 Å². The summed E-state index contributed by atoms with van der Waals surface area (Å²) in [5.74, 6) is -0.192. The molecule has 106 valence electrons. The number of nitrogens with one attached hydrogen (secondary N) is 1. The molecular weight excluding hydrogens is 366 g/mol. The smallest absolute Gasteiger partial charge is 0.124 e. The number of benzene rings is 1. The van der Waals surface area contributed by atoms with Gasteiger partial charge in [-0.25, -0.2) is 4.39 Å². The lowest BCUT2D eigenvalue weighted by Gasteiger charge is -2.20. The molecule has 1 heterocycles. The number of nitrogens with zero attached hydrogens (tertiary/aromatic N) is 1. The molecule has 2 aromatic rings. The number of rotatable bonds is 5. The molecule has 0 fully saturated rings. The molecule has 0 amide bonds. The van der Waals surface area contributed by atoms with Gasteiger partial charge in [-0.05, 0) is 65.4 Å². The summed E-state index contributed by atoms with van der Waals surface area (Å²) in [5, 5.41) is 3.47. The lowest BCUT2D eigenvalue weighted by atomic mass is 9.99. The van der Waals surface area contributed by atoms with E-state index < -0.39 is 0 Å². The van der Waals surface area contributed by atoms with Gasteiger partial charge in [-0.3, -0.25) is 4.98 Å². The Morgan fingerprint density at radius 2 is 2.15 bits per heavy atom. The van der Waals surface area contributed by atoms with Crippen molar-refractivity contribution in [2.45, 2.75) is 26.3 Å². The third kappa shape index (κ3) is 3.76. The molecule has 20 heavy (non-hydrogen) atoms. The third-order valence-corrected chi connectivity index (χ3v) is 4.24. The molecule has 2 rings (SSSR count). The van der Waals surface area contributed by atoms with Crippen molar-refractivity contribution in [2.24, 2.45) is 0 Å². The van der Waals surface area contributed by atoms with Gasteiger partial charge >= 0.3 is 0 Å². The zero-order chi connectivity index (χ0) is 14.5. The van der Waals surface area contributed by atoms with Crippen LogP contribution < -0.4 is 5.32 Å². The van der Waals surface area contributed by atoms with Gasteiger partial charge in [-0.2, -0.15) is 0 Å². The summed E-state index contributed by atoms with van der Waals surface area (Å²) in [7, 11) is 0. The maximum absolute atomic E-state index is 13.3. The van der Waals surface area contributed by atoms with Gasteiger partial charge in [0.15, 0.2) is 0 Å². The summed E-state index contributed by atoms with van der Waals surface area (Å²) >= 11 is 2.19. The van der Waals surface area contributed by atoms with Crippen molar-refractivity contribution in [3.63, 3.8) is 0 Å². The number of likely N-dealkylation sites (N-methyl/N-ethyl adjacent to an activating group) is 1. The number of halogens is 2. The van der Waals surface area contributed by atoms with Gasteiger partial charge < -0.3 is 5.32 Å². The fourth-order valence-corrected chi connectivity index (χ4v) is 3.10. The number of pyridine rings is 1. The molecule has 0 aliphatic rings. The van der Waals surface area contributed by atoms with Crippen LogP contribution >= 0.6 is 22.6 Å². The highest BCUT2D eigenvalue weighted by atomic mass is 127. The monoisotopic (exact) mass is 384 g/mol. The molecule has 0 saturated heterocycles. The summed E-state index contributed by atoms with van der Waals surface area (Å²) in [6.45, 7) is 5.01. The van der Waals surface area contributed by atoms with Crippen molar-refractivity contribution in [1.29, 1.82) is 0 Å². The first-order valence-electron chi connectivity index (χ1n) is 6.70. The average Bonchev–Trinajstić information content (AvgIpc) is 2.41. The van der Waals surface area contributed by atoms with Crippen LogP contribution in [0.2, 0.25) is 0 Å². The predicted octanol–water partition coefficient (Wildman–Crippen LogP) is 4.03. The zero-order valence-electron chi connectivity index (χ0n) is 11.7. The molecule has 0 aliphatic carbocycles. The maximum atomic E-state index is 13.3. The SMILES string of the molecule is CCNC(Cc1ncccc1C)c1ccc(F)cc1I. The molecular formula is C16H18FIN2. The summed E-state index contributed by atoms with van der Waals surface area (Å²) in [4.78, 5) is 4.46. The highest BCUT2D eigenvalue weighted by molar-refractivity contribution is 14.1. The molecule has 0 radical (unpaired) electrons. The molecule has 0 spiro atoms. The Hall–Kier alpha value is -1.01. The average molecular weight is 384 g/mol. The van der Waals surface area contributed by atoms with Gasteiger partial charge in [0.2, 0.25) is 0 Å². The van der Waals surface area contributed by atoms with Gasteiger partial charge in [0, 0.05) is 27.9 Å². The molecule has 0 aliphatic heterocycles. The second-order valence-corrected chi connectivity index (χ2v) is 5.91. The zero-order valence-corrected chi connectivity index (χ0v) is 13.8. The summed E-state index contributed by atoms with van der Waals surface area (Å²) in [5.41, 5.74) is 3.39. The van der Waals surface area contributed by atoms with Gasteiger partial charge in [-0.1, -0.05) is 19.1 Å². The minimum absolute atomic E-state index is 0.154. The predicted molar refractivity (Wildman–Crippen MR) is 88.2 cm³/mol. The first-order valence-corrected chi connectivity index (χ1v) is 7.78. The van der Waals surface area contributed by atoms with Crippen molar-refractivity contribution in [3.8, 4) is 0 Å². The van der Waals surface area contributed by atoms with Crippen LogP contribution in [-0.2, 0) is 6.42 Å². The van der Waals surface area contributed by atoms with Crippen molar-refractivity contribution in [3.05, 3.63) is 62.7 Å². The fraction of sp³-hybridized carbons (Fsp3) is 0.312. The minimum Gasteiger partial charge on any atom is -0.310 e. The Kier molecular flexibility index (Phi) is 5.48. The quantitative estimate of drug-likeness (QED) is 0.788. The molecule has 1 unspecified atom stereocenters. The minimum atomic E-state index is -0.192. The Labute approximate surface area is 133 Å². The first kappa shape index (κ1) is 15.4. The van der Waals surface area contributed by atoms with Gasteiger partial charge in [0.1, 0.15) is 5.82 Å². The third-order valence-electron chi connectivity index (χ3n) is 3.30. The van der Waals surface area contributed by atoms with Crippen LogP contribution in [0.3, 0.4) is 0 Å². The van der Waals surface area contributed by atoms with Crippen molar-refractivity contribution >= 4 is 22.6 Å². The van der Waals surface area contributed by atoms with Gasteiger partial charge in [0.05, 0.1) is 0 Å². The van der Waals surface area contributed by atoms with Crippen LogP contribution in [0.1, 0.15) is 29.8 Å².